The molecule has 1 aliphatic heterocycles. The van der Waals surface area contributed by atoms with Crippen molar-refractivity contribution in [2.45, 2.75) is 25.7 Å². The molecule has 150 valence electrons. The highest BCUT2D eigenvalue weighted by Crippen LogP contribution is 2.30. The molecule has 1 fully saturated rings. The van der Waals surface area contributed by atoms with Gasteiger partial charge in [0.05, 0.1) is 11.3 Å². The van der Waals surface area contributed by atoms with E-state index in [2.05, 4.69) is 15.0 Å². The van der Waals surface area contributed by atoms with Gasteiger partial charge in [0.25, 0.3) is 10.2 Å². The molecule has 2 aromatic rings. The van der Waals surface area contributed by atoms with Crippen LogP contribution in [0.25, 0.3) is 11.3 Å². The average molecular weight is 405 g/mol. The lowest BCUT2D eigenvalue weighted by Gasteiger charge is -2.33. The molecule has 1 atom stereocenters. The van der Waals surface area contributed by atoms with Gasteiger partial charge in [0, 0.05) is 56.8 Å². The second-order valence-electron chi connectivity index (χ2n) is 6.98. The third kappa shape index (κ3) is 4.18. The van der Waals surface area contributed by atoms with Crippen molar-refractivity contribution in [1.82, 2.24) is 23.6 Å². The molecule has 0 radical (unpaired) electrons. The van der Waals surface area contributed by atoms with Crippen LogP contribution in [0.15, 0.2) is 24.5 Å². The zero-order valence-electron chi connectivity index (χ0n) is 16.0. The third-order valence-electron chi connectivity index (χ3n) is 4.73. The van der Waals surface area contributed by atoms with Crippen LogP contribution >= 0.6 is 0 Å². The molecule has 0 aromatic carbocycles. The lowest BCUT2D eigenvalue weighted by molar-refractivity contribution is 0.0696. The van der Waals surface area contributed by atoms with Crippen LogP contribution in [-0.4, -0.2) is 70.2 Å². The number of nitrogens with zero attached hydrogens (tertiary/aromatic N) is 5. The number of rotatable bonds is 5. The van der Waals surface area contributed by atoms with Crippen molar-refractivity contribution >= 4 is 16.2 Å². The Morgan fingerprint density at radius 2 is 2.00 bits per heavy atom. The lowest BCUT2D eigenvalue weighted by Crippen LogP contribution is -2.45. The topological polar surface area (TPSA) is 117 Å². The van der Waals surface area contributed by atoms with E-state index in [0.717, 1.165) is 18.5 Å². The average Bonchev–Trinajstić information content (AvgIpc) is 2.67. The molecule has 2 aromatic heterocycles. The molecule has 1 saturated heterocycles. The van der Waals surface area contributed by atoms with Crippen LogP contribution in [0.2, 0.25) is 0 Å². The summed E-state index contributed by atoms with van der Waals surface area (Å²) in [4.78, 5) is 24.1. The Morgan fingerprint density at radius 3 is 2.68 bits per heavy atom. The van der Waals surface area contributed by atoms with Crippen molar-refractivity contribution in [3.63, 3.8) is 0 Å². The van der Waals surface area contributed by atoms with Crippen LogP contribution in [0.3, 0.4) is 0 Å². The first-order valence-corrected chi connectivity index (χ1v) is 10.3. The molecular weight excluding hydrogens is 382 g/mol. The molecule has 10 heteroatoms. The van der Waals surface area contributed by atoms with Crippen LogP contribution in [0.5, 0.6) is 0 Å². The Balaban J connectivity index is 1.93. The fourth-order valence-corrected chi connectivity index (χ4v) is 4.46. The Kier molecular flexibility index (Phi) is 5.73. The SMILES string of the molecule is Cc1nc(-c2cncc(C(=O)O)c2)cc([C@H]2CCCN(S(=O)(=O)N(C)C)C2)n1. The zero-order valence-corrected chi connectivity index (χ0v) is 16.8. The second kappa shape index (κ2) is 7.90. The van der Waals surface area contributed by atoms with E-state index < -0.39 is 16.2 Å². The van der Waals surface area contributed by atoms with Crippen molar-refractivity contribution < 1.29 is 18.3 Å². The van der Waals surface area contributed by atoms with Gasteiger partial charge in [-0.25, -0.2) is 14.8 Å². The van der Waals surface area contributed by atoms with Crippen molar-refractivity contribution in [1.29, 1.82) is 0 Å². The van der Waals surface area contributed by atoms with Crippen molar-refractivity contribution in [3.05, 3.63) is 41.6 Å². The summed E-state index contributed by atoms with van der Waals surface area (Å²) in [5.74, 6) is -0.572. The number of aromatic carboxylic acids is 1. The van der Waals surface area contributed by atoms with E-state index in [4.69, 9.17) is 0 Å². The standard InChI is InChI=1S/C18H23N5O4S/c1-12-20-16(13-5-4-6-23(11-13)28(26,27)22(2)3)8-17(21-12)14-7-15(18(24)25)10-19-9-14/h7-10,13H,4-6,11H2,1-3H3,(H,24,25)/t13-/m0/s1. The predicted molar refractivity (Wildman–Crippen MR) is 103 cm³/mol. The van der Waals surface area contributed by atoms with Gasteiger partial charge in [-0.05, 0) is 31.9 Å². The highest BCUT2D eigenvalue weighted by Gasteiger charge is 2.32. The number of carboxylic acid groups (broad SMARTS) is 1. The van der Waals surface area contributed by atoms with Crippen molar-refractivity contribution in [2.75, 3.05) is 27.2 Å². The first-order chi connectivity index (χ1) is 13.2. The summed E-state index contributed by atoms with van der Waals surface area (Å²) in [7, 11) is -0.436. The van der Waals surface area contributed by atoms with Crippen LogP contribution in [0.4, 0.5) is 0 Å². The van der Waals surface area contributed by atoms with E-state index in [0.29, 0.717) is 30.2 Å². The molecule has 0 saturated carbocycles. The van der Waals surface area contributed by atoms with Gasteiger partial charge in [0.1, 0.15) is 5.82 Å². The van der Waals surface area contributed by atoms with Crippen molar-refractivity contribution in [2.24, 2.45) is 0 Å². The predicted octanol–water partition coefficient (Wildman–Crippen LogP) is 1.53. The van der Waals surface area contributed by atoms with Gasteiger partial charge in [-0.2, -0.15) is 17.0 Å². The highest BCUT2D eigenvalue weighted by molar-refractivity contribution is 7.86. The summed E-state index contributed by atoms with van der Waals surface area (Å²) < 4.78 is 27.6. The smallest absolute Gasteiger partial charge is 0.337 e. The Morgan fingerprint density at radius 1 is 1.25 bits per heavy atom. The summed E-state index contributed by atoms with van der Waals surface area (Å²) in [6.07, 6.45) is 4.41. The number of carboxylic acids is 1. The molecule has 0 spiro atoms. The minimum Gasteiger partial charge on any atom is -0.478 e. The van der Waals surface area contributed by atoms with Crippen LogP contribution in [0.1, 0.15) is 40.6 Å². The zero-order chi connectivity index (χ0) is 20.5. The fourth-order valence-electron chi connectivity index (χ4n) is 3.27. The molecule has 9 nitrogen and oxygen atoms in total. The number of hydrogen-bond donors (Lipinski definition) is 1. The number of pyridine rings is 1. The molecule has 28 heavy (non-hydrogen) atoms. The molecule has 0 bridgehead atoms. The van der Waals surface area contributed by atoms with Gasteiger partial charge in [-0.1, -0.05) is 0 Å². The summed E-state index contributed by atoms with van der Waals surface area (Å²) in [5.41, 5.74) is 1.99. The largest absolute Gasteiger partial charge is 0.478 e. The molecule has 3 heterocycles. The van der Waals surface area contributed by atoms with Crippen LogP contribution in [-0.2, 0) is 10.2 Å². The molecule has 0 unspecified atom stereocenters. The summed E-state index contributed by atoms with van der Waals surface area (Å²) in [6, 6.07) is 3.32. The number of aryl methyl sites for hydroxylation is 1. The quantitative estimate of drug-likeness (QED) is 0.802. The molecule has 1 N–H and O–H groups in total. The Bertz CT molecular complexity index is 993. The third-order valence-corrected chi connectivity index (χ3v) is 6.64. The Hall–Kier alpha value is -2.43. The summed E-state index contributed by atoms with van der Waals surface area (Å²) >= 11 is 0. The number of piperidine rings is 1. The Labute approximate surface area is 164 Å². The maximum Gasteiger partial charge on any atom is 0.337 e. The normalized spacial score (nSPS) is 18.4. The van der Waals surface area contributed by atoms with Gasteiger partial charge in [-0.3, -0.25) is 4.98 Å². The van der Waals surface area contributed by atoms with E-state index >= 15 is 0 Å². The van der Waals surface area contributed by atoms with E-state index in [9.17, 15) is 18.3 Å². The molecule has 1 aliphatic rings. The second-order valence-corrected chi connectivity index (χ2v) is 9.12. The van der Waals surface area contributed by atoms with E-state index in [1.165, 1.54) is 35.0 Å². The molecule has 3 rings (SSSR count). The maximum atomic E-state index is 12.5. The molecule has 0 aliphatic carbocycles. The first-order valence-electron chi connectivity index (χ1n) is 8.90. The maximum absolute atomic E-state index is 12.5. The monoisotopic (exact) mass is 405 g/mol. The highest BCUT2D eigenvalue weighted by atomic mass is 32.2. The van der Waals surface area contributed by atoms with Gasteiger partial charge in [0.15, 0.2) is 0 Å². The van der Waals surface area contributed by atoms with Crippen molar-refractivity contribution in [3.8, 4) is 11.3 Å². The minimum atomic E-state index is -3.48. The van der Waals surface area contributed by atoms with E-state index in [1.54, 1.807) is 19.2 Å². The fraction of sp³-hybridized carbons (Fsp3) is 0.444. The molecule has 0 amide bonds. The van der Waals surface area contributed by atoms with Gasteiger partial charge in [0.2, 0.25) is 0 Å². The number of aromatic nitrogens is 3. The lowest BCUT2D eigenvalue weighted by atomic mass is 9.95. The minimum absolute atomic E-state index is 0.0560. The number of carbonyl (C=O) groups is 1. The van der Waals surface area contributed by atoms with Crippen LogP contribution < -0.4 is 0 Å². The van der Waals surface area contributed by atoms with Gasteiger partial charge in [-0.15, -0.1) is 0 Å². The van der Waals surface area contributed by atoms with E-state index in [-0.39, 0.29) is 11.5 Å². The summed E-state index contributed by atoms with van der Waals surface area (Å²) in [6.45, 7) is 2.60. The first kappa shape index (κ1) is 20.3. The summed E-state index contributed by atoms with van der Waals surface area (Å²) in [5, 5.41) is 9.18. The van der Waals surface area contributed by atoms with Gasteiger partial charge >= 0.3 is 5.97 Å². The van der Waals surface area contributed by atoms with Crippen LogP contribution in [0, 0.1) is 6.92 Å². The molecular formula is C18H23N5O4S. The van der Waals surface area contributed by atoms with E-state index in [1.807, 2.05) is 0 Å². The van der Waals surface area contributed by atoms with Gasteiger partial charge < -0.3 is 5.11 Å². The number of hydrogen-bond acceptors (Lipinski definition) is 6.